The summed E-state index contributed by atoms with van der Waals surface area (Å²) in [7, 11) is 1.56. The summed E-state index contributed by atoms with van der Waals surface area (Å²) in [5, 5.41) is 9.83. The summed E-state index contributed by atoms with van der Waals surface area (Å²) in [4.78, 5) is 8.75. The van der Waals surface area contributed by atoms with Crippen LogP contribution in [0.3, 0.4) is 0 Å². The molecule has 0 spiro atoms. The van der Waals surface area contributed by atoms with E-state index in [0.29, 0.717) is 29.4 Å². The molecule has 2 aliphatic rings. The van der Waals surface area contributed by atoms with Crippen LogP contribution in [0, 0.1) is 11.6 Å². The van der Waals surface area contributed by atoms with Gasteiger partial charge in [0.15, 0.2) is 28.8 Å². The number of alkyl halides is 1. The number of anilines is 1. The normalized spacial score (nSPS) is 21.7. The van der Waals surface area contributed by atoms with Crippen molar-refractivity contribution in [1.29, 1.82) is 0 Å². The number of methoxy groups -OCH3 is 1. The van der Waals surface area contributed by atoms with Crippen LogP contribution in [0.25, 0.3) is 16.9 Å². The maximum Gasteiger partial charge on any atom is 0.168 e. The van der Waals surface area contributed by atoms with Crippen molar-refractivity contribution < 1.29 is 17.9 Å². The number of rotatable bonds is 5. The zero-order valence-corrected chi connectivity index (χ0v) is 15.6. The van der Waals surface area contributed by atoms with Gasteiger partial charge in [-0.2, -0.15) is 5.10 Å². The molecule has 4 heterocycles. The second-order valence-electron chi connectivity index (χ2n) is 7.37. The molecule has 152 valence electrons. The molecule has 5 rings (SSSR count). The zero-order chi connectivity index (χ0) is 20.1. The number of hydrogen-bond acceptors (Lipinski definition) is 6. The van der Waals surface area contributed by atoms with Gasteiger partial charge in [0.1, 0.15) is 11.9 Å². The lowest BCUT2D eigenvalue weighted by Crippen LogP contribution is -2.30. The van der Waals surface area contributed by atoms with Crippen molar-refractivity contribution in [3.63, 3.8) is 0 Å². The SMILES string of the molecule is COc1cn2ncc(-c3nc(N[C@H]4CNC[C@@H]4F)c(F)cc3F)c2nc1C1CC1. The average molecular weight is 404 g/mol. The van der Waals surface area contributed by atoms with Crippen molar-refractivity contribution >= 4 is 11.5 Å². The van der Waals surface area contributed by atoms with Crippen LogP contribution >= 0.6 is 0 Å². The summed E-state index contributed by atoms with van der Waals surface area (Å²) in [6.07, 6.45) is 3.97. The van der Waals surface area contributed by atoms with Crippen LogP contribution in [-0.2, 0) is 0 Å². The van der Waals surface area contributed by atoms with Crippen LogP contribution in [0.4, 0.5) is 19.0 Å². The summed E-state index contributed by atoms with van der Waals surface area (Å²) in [5.74, 6) is -0.998. The van der Waals surface area contributed by atoms with E-state index in [2.05, 4.69) is 25.7 Å². The third-order valence-corrected chi connectivity index (χ3v) is 5.32. The Morgan fingerprint density at radius 1 is 1.21 bits per heavy atom. The first-order valence-corrected chi connectivity index (χ1v) is 9.45. The molecule has 0 aromatic carbocycles. The average Bonchev–Trinajstić information content (AvgIpc) is 3.36. The molecule has 1 aliphatic carbocycles. The Balaban J connectivity index is 1.59. The first-order valence-electron chi connectivity index (χ1n) is 9.45. The second-order valence-corrected chi connectivity index (χ2v) is 7.37. The van der Waals surface area contributed by atoms with Gasteiger partial charge in [-0.15, -0.1) is 0 Å². The fourth-order valence-electron chi connectivity index (χ4n) is 3.60. The Hall–Kier alpha value is -2.88. The van der Waals surface area contributed by atoms with E-state index in [4.69, 9.17) is 4.74 Å². The molecule has 0 unspecified atom stereocenters. The van der Waals surface area contributed by atoms with Crippen LogP contribution in [0.15, 0.2) is 18.5 Å². The van der Waals surface area contributed by atoms with Gasteiger partial charge in [-0.05, 0) is 12.8 Å². The Morgan fingerprint density at radius 3 is 2.72 bits per heavy atom. The largest absolute Gasteiger partial charge is 0.493 e. The standard InChI is InChI=1S/C19H19F3N6O/c1-29-15-8-28-19(27-16(15)9-2-3-9)10(5-24-28)17-11(20)4-12(21)18(26-17)25-14-7-23-6-13(14)22/h4-5,8-9,13-14,23H,2-3,6-7H2,1H3,(H,25,26)/t13-,14-/m0/s1. The highest BCUT2D eigenvalue weighted by Crippen LogP contribution is 2.43. The fraction of sp³-hybridized carbons (Fsp3) is 0.421. The molecule has 0 radical (unpaired) electrons. The van der Waals surface area contributed by atoms with E-state index in [1.54, 1.807) is 13.3 Å². The number of aromatic nitrogens is 4. The lowest BCUT2D eigenvalue weighted by atomic mass is 10.2. The summed E-state index contributed by atoms with van der Waals surface area (Å²) >= 11 is 0. The van der Waals surface area contributed by atoms with Crippen LogP contribution in [-0.4, -0.2) is 52.0 Å². The number of fused-ring (bicyclic) bond motifs is 1. The number of nitrogens with zero attached hydrogens (tertiary/aromatic N) is 4. The van der Waals surface area contributed by atoms with Gasteiger partial charge >= 0.3 is 0 Å². The molecule has 2 N–H and O–H groups in total. The van der Waals surface area contributed by atoms with E-state index >= 15 is 0 Å². The quantitative estimate of drug-likeness (QED) is 0.681. The highest BCUT2D eigenvalue weighted by molar-refractivity contribution is 5.76. The molecule has 29 heavy (non-hydrogen) atoms. The van der Waals surface area contributed by atoms with Gasteiger partial charge in [0.05, 0.1) is 36.8 Å². The van der Waals surface area contributed by atoms with Gasteiger partial charge in [-0.25, -0.2) is 27.7 Å². The van der Waals surface area contributed by atoms with Crippen LogP contribution < -0.4 is 15.4 Å². The molecule has 3 aromatic heterocycles. The third-order valence-electron chi connectivity index (χ3n) is 5.32. The lowest BCUT2D eigenvalue weighted by molar-refractivity contribution is 0.341. The molecular weight excluding hydrogens is 385 g/mol. The van der Waals surface area contributed by atoms with E-state index in [-0.39, 0.29) is 18.1 Å². The molecule has 2 fully saturated rings. The first-order chi connectivity index (χ1) is 14.0. The third kappa shape index (κ3) is 3.17. The topological polar surface area (TPSA) is 76.4 Å². The molecule has 0 amide bonds. The van der Waals surface area contributed by atoms with E-state index < -0.39 is 23.8 Å². The predicted octanol–water partition coefficient (Wildman–Crippen LogP) is 2.68. The number of nitrogens with one attached hydrogen (secondary N) is 2. The number of ether oxygens (including phenoxy) is 1. The van der Waals surface area contributed by atoms with Crippen molar-refractivity contribution in [2.75, 3.05) is 25.5 Å². The van der Waals surface area contributed by atoms with Gasteiger partial charge in [0.2, 0.25) is 0 Å². The fourth-order valence-corrected chi connectivity index (χ4v) is 3.60. The minimum Gasteiger partial charge on any atom is -0.493 e. The smallest absolute Gasteiger partial charge is 0.168 e. The summed E-state index contributed by atoms with van der Waals surface area (Å²) in [6, 6.07) is 0.109. The number of hydrogen-bond donors (Lipinski definition) is 2. The summed E-state index contributed by atoms with van der Waals surface area (Å²) < 4.78 is 49.7. The molecule has 0 bridgehead atoms. The van der Waals surface area contributed by atoms with Gasteiger partial charge in [0, 0.05) is 25.1 Å². The van der Waals surface area contributed by atoms with E-state index in [0.717, 1.165) is 24.6 Å². The molecule has 2 atom stereocenters. The van der Waals surface area contributed by atoms with Gasteiger partial charge < -0.3 is 15.4 Å². The van der Waals surface area contributed by atoms with Crippen LogP contribution in [0.2, 0.25) is 0 Å². The predicted molar refractivity (Wildman–Crippen MR) is 99.8 cm³/mol. The second kappa shape index (κ2) is 6.87. The Morgan fingerprint density at radius 2 is 2.03 bits per heavy atom. The molecule has 10 heteroatoms. The molecule has 7 nitrogen and oxygen atoms in total. The van der Waals surface area contributed by atoms with Gasteiger partial charge in [-0.1, -0.05) is 0 Å². The maximum atomic E-state index is 14.6. The van der Waals surface area contributed by atoms with Crippen molar-refractivity contribution in [3.8, 4) is 17.0 Å². The first kappa shape index (κ1) is 18.2. The highest BCUT2D eigenvalue weighted by atomic mass is 19.1. The molecule has 3 aromatic rings. The minimum absolute atomic E-state index is 0.0929. The lowest BCUT2D eigenvalue weighted by Gasteiger charge is -2.16. The van der Waals surface area contributed by atoms with Crippen molar-refractivity contribution in [1.82, 2.24) is 24.9 Å². The Kier molecular flexibility index (Phi) is 4.30. The Labute approximate surface area is 164 Å². The Bertz CT molecular complexity index is 1080. The van der Waals surface area contributed by atoms with E-state index in [9.17, 15) is 13.2 Å². The van der Waals surface area contributed by atoms with Gasteiger partial charge in [0.25, 0.3) is 0 Å². The van der Waals surface area contributed by atoms with Crippen molar-refractivity contribution in [2.45, 2.75) is 31.0 Å². The van der Waals surface area contributed by atoms with E-state index in [1.165, 1.54) is 10.7 Å². The van der Waals surface area contributed by atoms with Crippen LogP contribution in [0.5, 0.6) is 5.75 Å². The summed E-state index contributed by atoms with van der Waals surface area (Å²) in [5.41, 5.74) is 1.43. The molecular formula is C19H19F3N6O. The highest BCUT2D eigenvalue weighted by Gasteiger charge is 2.31. The minimum atomic E-state index is -1.18. The maximum absolute atomic E-state index is 14.6. The summed E-state index contributed by atoms with van der Waals surface area (Å²) in [6.45, 7) is 0.509. The van der Waals surface area contributed by atoms with Gasteiger partial charge in [-0.3, -0.25) is 0 Å². The molecule has 1 aliphatic heterocycles. The van der Waals surface area contributed by atoms with Crippen molar-refractivity contribution in [2.24, 2.45) is 0 Å². The monoisotopic (exact) mass is 404 g/mol. The van der Waals surface area contributed by atoms with Crippen LogP contribution in [0.1, 0.15) is 24.5 Å². The van der Waals surface area contributed by atoms with Crippen molar-refractivity contribution in [3.05, 3.63) is 35.8 Å². The number of pyridine rings is 1. The molecule has 1 saturated carbocycles. The molecule has 1 saturated heterocycles. The van der Waals surface area contributed by atoms with E-state index in [1.807, 2.05) is 0 Å². The number of halogens is 3. The zero-order valence-electron chi connectivity index (χ0n) is 15.6.